The van der Waals surface area contributed by atoms with Crippen LogP contribution in [0.2, 0.25) is 0 Å². The van der Waals surface area contributed by atoms with Gasteiger partial charge in [-0.15, -0.1) is 0 Å². The van der Waals surface area contributed by atoms with E-state index in [0.29, 0.717) is 5.39 Å². The lowest BCUT2D eigenvalue weighted by atomic mass is 10.00. The summed E-state index contributed by atoms with van der Waals surface area (Å²) in [6, 6.07) is 11.7. The van der Waals surface area contributed by atoms with E-state index in [1.54, 1.807) is 36.4 Å². The molecule has 0 aromatic heterocycles. The molecule has 0 N–H and O–H groups in total. The lowest BCUT2D eigenvalue weighted by Gasteiger charge is -2.07. The summed E-state index contributed by atoms with van der Waals surface area (Å²) in [6.07, 6.45) is -5.88. The summed E-state index contributed by atoms with van der Waals surface area (Å²) in [5.41, 5.74) is 0.125. The maximum atomic E-state index is 12.2. The van der Waals surface area contributed by atoms with E-state index in [1.165, 1.54) is 6.07 Å². The fourth-order valence-electron chi connectivity index (χ4n) is 1.75. The summed E-state index contributed by atoms with van der Waals surface area (Å²) in [5.74, 6) is -0.894. The van der Waals surface area contributed by atoms with Gasteiger partial charge >= 0.3 is 6.18 Å². The first-order chi connectivity index (χ1) is 7.97. The Labute approximate surface area is 95.9 Å². The zero-order valence-corrected chi connectivity index (χ0v) is 8.79. The maximum Gasteiger partial charge on any atom is 0.396 e. The van der Waals surface area contributed by atoms with Crippen molar-refractivity contribution in [2.45, 2.75) is 12.6 Å². The van der Waals surface area contributed by atoms with Crippen LogP contribution < -0.4 is 0 Å². The third-order valence-corrected chi connectivity index (χ3v) is 2.45. The standard InChI is InChI=1S/C13H9F3O/c14-13(15,16)8-12(17)11-7-3-5-9-4-1-2-6-10(9)11/h1-7H,8H2. The predicted molar refractivity (Wildman–Crippen MR) is 59.0 cm³/mol. The monoisotopic (exact) mass is 238 g/mol. The van der Waals surface area contributed by atoms with Crippen LogP contribution in [0.3, 0.4) is 0 Å². The van der Waals surface area contributed by atoms with Gasteiger partial charge in [-0.05, 0) is 10.8 Å². The van der Waals surface area contributed by atoms with Crippen LogP contribution in [0, 0.1) is 0 Å². The molecule has 4 heteroatoms. The summed E-state index contributed by atoms with van der Waals surface area (Å²) in [6.45, 7) is 0. The maximum absolute atomic E-state index is 12.2. The van der Waals surface area contributed by atoms with Crippen molar-refractivity contribution < 1.29 is 18.0 Å². The molecule has 0 aliphatic carbocycles. The number of rotatable bonds is 2. The number of ketones is 1. The van der Waals surface area contributed by atoms with E-state index in [2.05, 4.69) is 0 Å². The Balaban J connectivity index is 2.45. The predicted octanol–water partition coefficient (Wildman–Crippen LogP) is 3.97. The largest absolute Gasteiger partial charge is 0.396 e. The highest BCUT2D eigenvalue weighted by Crippen LogP contribution is 2.25. The third-order valence-electron chi connectivity index (χ3n) is 2.45. The van der Waals surface area contributed by atoms with Gasteiger partial charge in [-0.3, -0.25) is 4.79 Å². The molecule has 0 saturated heterocycles. The van der Waals surface area contributed by atoms with Gasteiger partial charge in [0.15, 0.2) is 5.78 Å². The van der Waals surface area contributed by atoms with Crippen molar-refractivity contribution in [1.29, 1.82) is 0 Å². The molecule has 0 atom stereocenters. The molecule has 0 fully saturated rings. The smallest absolute Gasteiger partial charge is 0.294 e. The minimum Gasteiger partial charge on any atom is -0.294 e. The van der Waals surface area contributed by atoms with Crippen molar-refractivity contribution in [3.05, 3.63) is 48.0 Å². The average Bonchev–Trinajstić information content (AvgIpc) is 2.26. The van der Waals surface area contributed by atoms with Crippen LogP contribution in [0.4, 0.5) is 13.2 Å². The molecular weight excluding hydrogens is 229 g/mol. The number of carbonyl (C=O) groups is 1. The highest BCUT2D eigenvalue weighted by atomic mass is 19.4. The summed E-state index contributed by atoms with van der Waals surface area (Å²) < 4.78 is 36.5. The van der Waals surface area contributed by atoms with Gasteiger partial charge < -0.3 is 0 Å². The molecule has 1 nitrogen and oxygen atoms in total. The van der Waals surface area contributed by atoms with Gasteiger partial charge in [-0.1, -0.05) is 42.5 Å². The quantitative estimate of drug-likeness (QED) is 0.723. The van der Waals surface area contributed by atoms with Crippen LogP contribution in [-0.4, -0.2) is 12.0 Å². The van der Waals surface area contributed by atoms with Gasteiger partial charge in [-0.2, -0.15) is 13.2 Å². The van der Waals surface area contributed by atoms with Gasteiger partial charge in [0.2, 0.25) is 0 Å². The van der Waals surface area contributed by atoms with Crippen molar-refractivity contribution in [2.24, 2.45) is 0 Å². The van der Waals surface area contributed by atoms with Crippen molar-refractivity contribution in [3.63, 3.8) is 0 Å². The van der Waals surface area contributed by atoms with E-state index in [1.807, 2.05) is 0 Å². The molecule has 88 valence electrons. The Kier molecular flexibility index (Phi) is 2.88. The second-order valence-corrected chi connectivity index (χ2v) is 3.74. The van der Waals surface area contributed by atoms with E-state index in [4.69, 9.17) is 0 Å². The number of fused-ring (bicyclic) bond motifs is 1. The van der Waals surface area contributed by atoms with E-state index in [9.17, 15) is 18.0 Å². The molecular formula is C13H9F3O. The van der Waals surface area contributed by atoms with E-state index in [-0.39, 0.29) is 5.56 Å². The third kappa shape index (κ3) is 2.64. The molecule has 0 radical (unpaired) electrons. The Hall–Kier alpha value is -1.84. The number of hydrogen-bond acceptors (Lipinski definition) is 1. The lowest BCUT2D eigenvalue weighted by Crippen LogP contribution is -2.15. The number of benzene rings is 2. The zero-order valence-electron chi connectivity index (χ0n) is 8.79. The highest BCUT2D eigenvalue weighted by molar-refractivity contribution is 6.08. The minimum absolute atomic E-state index is 0.125. The summed E-state index contributed by atoms with van der Waals surface area (Å²) >= 11 is 0. The molecule has 0 amide bonds. The highest BCUT2D eigenvalue weighted by Gasteiger charge is 2.31. The summed E-state index contributed by atoms with van der Waals surface area (Å²) in [4.78, 5) is 11.6. The van der Waals surface area contributed by atoms with E-state index in [0.717, 1.165) is 5.39 Å². The van der Waals surface area contributed by atoms with Crippen molar-refractivity contribution in [1.82, 2.24) is 0 Å². The molecule has 0 spiro atoms. The number of alkyl halides is 3. The summed E-state index contributed by atoms with van der Waals surface area (Å²) in [5, 5.41) is 1.32. The SMILES string of the molecule is O=C(CC(F)(F)F)c1cccc2ccccc12. The molecule has 2 rings (SSSR count). The Morgan fingerprint density at radius 2 is 1.65 bits per heavy atom. The fraction of sp³-hybridized carbons (Fsp3) is 0.154. The average molecular weight is 238 g/mol. The normalized spacial score (nSPS) is 11.7. The Morgan fingerprint density at radius 1 is 1.00 bits per heavy atom. The number of halogens is 3. The van der Waals surface area contributed by atoms with Crippen molar-refractivity contribution in [3.8, 4) is 0 Å². The molecule has 0 unspecified atom stereocenters. The van der Waals surface area contributed by atoms with Crippen LogP contribution in [0.25, 0.3) is 10.8 Å². The van der Waals surface area contributed by atoms with Crippen LogP contribution in [0.15, 0.2) is 42.5 Å². The number of Topliss-reactive ketones (excluding diaryl/α,β-unsaturated/α-hetero) is 1. The van der Waals surface area contributed by atoms with Crippen LogP contribution in [0.5, 0.6) is 0 Å². The van der Waals surface area contributed by atoms with Crippen LogP contribution >= 0.6 is 0 Å². The Morgan fingerprint density at radius 3 is 2.35 bits per heavy atom. The summed E-state index contributed by atoms with van der Waals surface area (Å²) in [7, 11) is 0. The lowest BCUT2D eigenvalue weighted by molar-refractivity contribution is -0.125. The zero-order chi connectivity index (χ0) is 12.5. The van der Waals surface area contributed by atoms with E-state index >= 15 is 0 Å². The van der Waals surface area contributed by atoms with Gasteiger partial charge in [0.25, 0.3) is 0 Å². The second kappa shape index (κ2) is 4.20. The first-order valence-corrected chi connectivity index (χ1v) is 5.05. The molecule has 0 saturated carbocycles. The molecule has 0 aliphatic rings. The van der Waals surface area contributed by atoms with Gasteiger partial charge in [0.1, 0.15) is 6.42 Å². The first-order valence-electron chi connectivity index (χ1n) is 5.05. The van der Waals surface area contributed by atoms with Gasteiger partial charge in [0.05, 0.1) is 0 Å². The van der Waals surface area contributed by atoms with Crippen LogP contribution in [-0.2, 0) is 0 Å². The van der Waals surface area contributed by atoms with Gasteiger partial charge in [0, 0.05) is 5.56 Å². The molecule has 0 heterocycles. The van der Waals surface area contributed by atoms with Gasteiger partial charge in [-0.25, -0.2) is 0 Å². The number of hydrogen-bond donors (Lipinski definition) is 0. The molecule has 0 aliphatic heterocycles. The number of carbonyl (C=O) groups excluding carboxylic acids is 1. The molecule has 17 heavy (non-hydrogen) atoms. The molecule has 0 bridgehead atoms. The van der Waals surface area contributed by atoms with Crippen molar-refractivity contribution in [2.75, 3.05) is 0 Å². The van der Waals surface area contributed by atoms with E-state index < -0.39 is 18.4 Å². The van der Waals surface area contributed by atoms with Crippen molar-refractivity contribution >= 4 is 16.6 Å². The Bertz CT molecular complexity index is 553. The minimum atomic E-state index is -4.46. The topological polar surface area (TPSA) is 17.1 Å². The second-order valence-electron chi connectivity index (χ2n) is 3.74. The first kappa shape index (κ1) is 11.6. The van der Waals surface area contributed by atoms with Crippen LogP contribution in [0.1, 0.15) is 16.8 Å². The molecule has 2 aromatic carbocycles. The fourth-order valence-corrected chi connectivity index (χ4v) is 1.75. The molecule has 2 aromatic rings.